The minimum absolute atomic E-state index is 0.0645. The Morgan fingerprint density at radius 1 is 0.358 bits per heavy atom. The van der Waals surface area contributed by atoms with Crippen LogP contribution < -0.4 is 0 Å². The monoisotopic (exact) mass is 751 g/mol. The second-order valence-electron chi connectivity index (χ2n) is 16.5. The van der Waals surface area contributed by atoms with Gasteiger partial charge in [0.1, 0.15) is 13.2 Å². The maximum Gasteiger partial charge on any atom is 0.306 e. The molecule has 0 N–H and O–H groups in total. The number of rotatable bonds is 42. The van der Waals surface area contributed by atoms with Gasteiger partial charge in [-0.1, -0.05) is 220 Å². The third-order valence-electron chi connectivity index (χ3n) is 10.5. The van der Waals surface area contributed by atoms with Gasteiger partial charge < -0.3 is 14.2 Å². The molecule has 1 atom stereocenters. The second-order valence-corrected chi connectivity index (χ2v) is 16.5. The summed E-state index contributed by atoms with van der Waals surface area (Å²) in [6, 6.07) is 0. The number of carbonyl (C=O) groups excluding carboxylic acids is 3. The highest BCUT2D eigenvalue weighted by atomic mass is 16.6. The van der Waals surface area contributed by atoms with Crippen LogP contribution in [0, 0.1) is 5.92 Å². The molecule has 0 bridgehead atoms. The molecule has 0 radical (unpaired) electrons. The first-order valence-electron chi connectivity index (χ1n) is 23.4. The molecule has 0 aromatic carbocycles. The average Bonchev–Trinajstić information content (AvgIpc) is 3.14. The molecule has 6 nitrogen and oxygen atoms in total. The molecule has 0 fully saturated rings. The third kappa shape index (κ3) is 41.4. The highest BCUT2D eigenvalue weighted by Gasteiger charge is 2.19. The van der Waals surface area contributed by atoms with Crippen LogP contribution in [-0.2, 0) is 28.6 Å². The Bertz CT molecular complexity index is 796. The molecule has 53 heavy (non-hydrogen) atoms. The fourth-order valence-corrected chi connectivity index (χ4v) is 6.98. The van der Waals surface area contributed by atoms with E-state index >= 15 is 0 Å². The van der Waals surface area contributed by atoms with Gasteiger partial charge in [-0.25, -0.2) is 0 Å². The molecule has 0 unspecified atom stereocenters. The Morgan fingerprint density at radius 3 is 0.925 bits per heavy atom. The van der Waals surface area contributed by atoms with E-state index in [1.165, 1.54) is 148 Å². The van der Waals surface area contributed by atoms with Gasteiger partial charge in [0.05, 0.1) is 0 Å². The maximum absolute atomic E-state index is 12.7. The molecular formula is C47H90O6. The molecule has 0 saturated heterocycles. The topological polar surface area (TPSA) is 78.9 Å². The molecular weight excluding hydrogens is 661 g/mol. The van der Waals surface area contributed by atoms with E-state index in [1.54, 1.807) is 0 Å². The van der Waals surface area contributed by atoms with Crippen LogP contribution in [0.15, 0.2) is 0 Å². The Labute approximate surface area is 329 Å². The van der Waals surface area contributed by atoms with Crippen molar-refractivity contribution in [3.8, 4) is 0 Å². The zero-order valence-corrected chi connectivity index (χ0v) is 36.0. The Hall–Kier alpha value is -1.59. The summed E-state index contributed by atoms with van der Waals surface area (Å²) in [5.41, 5.74) is 0. The van der Waals surface area contributed by atoms with Crippen molar-refractivity contribution in [2.75, 3.05) is 13.2 Å². The van der Waals surface area contributed by atoms with Crippen LogP contribution in [-0.4, -0.2) is 37.2 Å². The highest BCUT2D eigenvalue weighted by molar-refractivity contribution is 5.71. The summed E-state index contributed by atoms with van der Waals surface area (Å²) < 4.78 is 16.6. The minimum Gasteiger partial charge on any atom is -0.462 e. The van der Waals surface area contributed by atoms with E-state index in [4.69, 9.17) is 14.2 Å². The maximum atomic E-state index is 12.7. The van der Waals surface area contributed by atoms with Gasteiger partial charge in [0.25, 0.3) is 0 Å². The smallest absolute Gasteiger partial charge is 0.306 e. The first-order valence-corrected chi connectivity index (χ1v) is 23.4. The van der Waals surface area contributed by atoms with E-state index in [-0.39, 0.29) is 31.1 Å². The second kappa shape index (κ2) is 41.6. The molecule has 0 aliphatic rings. The Kier molecular flexibility index (Phi) is 40.3. The Morgan fingerprint density at radius 2 is 0.623 bits per heavy atom. The Balaban J connectivity index is 4.16. The van der Waals surface area contributed by atoms with Crippen molar-refractivity contribution in [1.82, 2.24) is 0 Å². The number of esters is 3. The van der Waals surface area contributed by atoms with Gasteiger partial charge in [0.2, 0.25) is 0 Å². The standard InChI is InChI=1S/C47H90O6/c1-5-7-9-11-12-13-14-15-16-17-18-21-24-27-31-35-39-46(49)52-42-44(41-51-45(48)38-34-29-10-8-6-2)53-47(50)40-36-32-28-25-22-19-20-23-26-30-33-37-43(3)4/h43-44H,5-42H2,1-4H3/t44-/m1/s1. The molecule has 0 saturated carbocycles. The van der Waals surface area contributed by atoms with Crippen LogP contribution in [0.25, 0.3) is 0 Å². The molecule has 0 aromatic heterocycles. The lowest BCUT2D eigenvalue weighted by Gasteiger charge is -2.18. The van der Waals surface area contributed by atoms with Gasteiger partial charge >= 0.3 is 17.9 Å². The fraction of sp³-hybridized carbons (Fsp3) is 0.936. The van der Waals surface area contributed by atoms with Crippen molar-refractivity contribution >= 4 is 17.9 Å². The average molecular weight is 751 g/mol. The lowest BCUT2D eigenvalue weighted by Crippen LogP contribution is -2.30. The molecule has 0 aromatic rings. The van der Waals surface area contributed by atoms with Crippen LogP contribution >= 0.6 is 0 Å². The van der Waals surface area contributed by atoms with Crippen LogP contribution in [0.1, 0.15) is 259 Å². The lowest BCUT2D eigenvalue weighted by atomic mass is 10.0. The van der Waals surface area contributed by atoms with Gasteiger partial charge in [-0.05, 0) is 25.2 Å². The van der Waals surface area contributed by atoms with Gasteiger partial charge in [-0.3, -0.25) is 14.4 Å². The normalized spacial score (nSPS) is 11.9. The minimum atomic E-state index is -0.758. The number of hydrogen-bond acceptors (Lipinski definition) is 6. The van der Waals surface area contributed by atoms with Crippen LogP contribution in [0.4, 0.5) is 0 Å². The highest BCUT2D eigenvalue weighted by Crippen LogP contribution is 2.16. The zero-order valence-electron chi connectivity index (χ0n) is 36.0. The van der Waals surface area contributed by atoms with Crippen molar-refractivity contribution in [3.63, 3.8) is 0 Å². The number of carbonyl (C=O) groups is 3. The third-order valence-corrected chi connectivity index (χ3v) is 10.5. The van der Waals surface area contributed by atoms with Gasteiger partial charge in [-0.15, -0.1) is 0 Å². The van der Waals surface area contributed by atoms with E-state index in [0.717, 1.165) is 70.1 Å². The largest absolute Gasteiger partial charge is 0.462 e. The summed E-state index contributed by atoms with van der Waals surface area (Å²) in [7, 11) is 0. The molecule has 0 heterocycles. The molecule has 314 valence electrons. The molecule has 0 aliphatic heterocycles. The summed E-state index contributed by atoms with van der Waals surface area (Å²) in [6.07, 6.45) is 41.2. The van der Waals surface area contributed by atoms with Crippen LogP contribution in [0.3, 0.4) is 0 Å². The summed E-state index contributed by atoms with van der Waals surface area (Å²) >= 11 is 0. The quantitative estimate of drug-likeness (QED) is 0.0351. The molecule has 0 aliphatic carbocycles. The van der Waals surface area contributed by atoms with E-state index in [2.05, 4.69) is 27.7 Å². The zero-order chi connectivity index (χ0) is 38.9. The first-order chi connectivity index (χ1) is 25.9. The van der Waals surface area contributed by atoms with Crippen molar-refractivity contribution in [2.45, 2.75) is 265 Å². The van der Waals surface area contributed by atoms with E-state index in [0.29, 0.717) is 19.3 Å². The van der Waals surface area contributed by atoms with Crippen molar-refractivity contribution in [3.05, 3.63) is 0 Å². The van der Waals surface area contributed by atoms with Gasteiger partial charge in [0, 0.05) is 19.3 Å². The van der Waals surface area contributed by atoms with E-state index in [1.807, 2.05) is 0 Å². The van der Waals surface area contributed by atoms with Crippen molar-refractivity contribution < 1.29 is 28.6 Å². The number of ether oxygens (including phenoxy) is 3. The number of unbranched alkanes of at least 4 members (excludes halogenated alkanes) is 29. The predicted molar refractivity (Wildman–Crippen MR) is 224 cm³/mol. The van der Waals surface area contributed by atoms with Crippen molar-refractivity contribution in [2.24, 2.45) is 5.92 Å². The summed E-state index contributed by atoms with van der Waals surface area (Å²) in [5, 5.41) is 0. The van der Waals surface area contributed by atoms with Gasteiger partial charge in [0.15, 0.2) is 6.10 Å². The SMILES string of the molecule is CCCCCCCCCCCCCCCCCCC(=O)OC[C@@H](COC(=O)CCCCCCC)OC(=O)CCCCCCCCCCCCCC(C)C. The fourth-order valence-electron chi connectivity index (χ4n) is 6.98. The van der Waals surface area contributed by atoms with Crippen LogP contribution in [0.2, 0.25) is 0 Å². The van der Waals surface area contributed by atoms with E-state index < -0.39 is 6.10 Å². The molecule has 0 spiro atoms. The summed E-state index contributed by atoms with van der Waals surface area (Å²) in [4.78, 5) is 37.5. The molecule has 6 heteroatoms. The summed E-state index contributed by atoms with van der Waals surface area (Å²) in [6.45, 7) is 8.92. The lowest BCUT2D eigenvalue weighted by molar-refractivity contribution is -0.167. The first kappa shape index (κ1) is 51.4. The summed E-state index contributed by atoms with van der Waals surface area (Å²) in [5.74, 6) is -0.0412. The van der Waals surface area contributed by atoms with Crippen LogP contribution in [0.5, 0.6) is 0 Å². The molecule has 0 amide bonds. The van der Waals surface area contributed by atoms with Crippen molar-refractivity contribution in [1.29, 1.82) is 0 Å². The predicted octanol–water partition coefficient (Wildman–Crippen LogP) is 14.7. The molecule has 0 rings (SSSR count). The van der Waals surface area contributed by atoms with E-state index in [9.17, 15) is 14.4 Å². The number of hydrogen-bond donors (Lipinski definition) is 0. The van der Waals surface area contributed by atoms with Gasteiger partial charge in [-0.2, -0.15) is 0 Å².